The predicted octanol–water partition coefficient (Wildman–Crippen LogP) is 4.40. The van der Waals surface area contributed by atoms with Gasteiger partial charge in [0.1, 0.15) is 12.3 Å². The lowest BCUT2D eigenvalue weighted by Gasteiger charge is -2.11. The van der Waals surface area contributed by atoms with Gasteiger partial charge in [-0.15, -0.1) is 5.10 Å². The summed E-state index contributed by atoms with van der Waals surface area (Å²) in [6.45, 7) is 5.59. The highest BCUT2D eigenvalue weighted by atomic mass is 16.5. The number of para-hydroxylation sites is 3. The molecule has 1 amide bonds. The van der Waals surface area contributed by atoms with Gasteiger partial charge in [0.25, 0.3) is 5.88 Å². The molecule has 2 aromatic heterocycles. The Bertz CT molecular complexity index is 1580. The van der Waals surface area contributed by atoms with E-state index < -0.39 is 5.69 Å². The summed E-state index contributed by atoms with van der Waals surface area (Å²) >= 11 is 0. The molecule has 0 spiro atoms. The molecular weight excluding hydrogens is 430 g/mol. The number of amides is 1. The Morgan fingerprint density at radius 3 is 2.38 bits per heavy atom. The van der Waals surface area contributed by atoms with E-state index in [0.29, 0.717) is 16.8 Å². The maximum Gasteiger partial charge on any atom is 0.351 e. The SMILES string of the molecule is Cc1ccc(Oc2nc3ccccc3n3c(=O)n(CC(=O)Nc4c(C)cccc4C)nc23)cc1. The highest BCUT2D eigenvalue weighted by Crippen LogP contribution is 2.26. The van der Waals surface area contributed by atoms with Crippen LogP contribution >= 0.6 is 0 Å². The highest BCUT2D eigenvalue weighted by molar-refractivity contribution is 5.92. The largest absolute Gasteiger partial charge is 0.436 e. The van der Waals surface area contributed by atoms with Crippen molar-refractivity contribution in [2.75, 3.05) is 5.32 Å². The number of rotatable bonds is 5. The van der Waals surface area contributed by atoms with Crippen molar-refractivity contribution in [1.29, 1.82) is 0 Å². The molecule has 0 atom stereocenters. The number of carbonyl (C=O) groups excluding carboxylic acids is 1. The standard InChI is InChI=1S/C26H23N5O3/c1-16-11-13-19(14-12-16)34-25-24-29-30(15-22(32)28-23-17(2)7-6-8-18(23)3)26(33)31(24)21-10-5-4-9-20(21)27-25/h4-14H,15H2,1-3H3,(H,28,32). The van der Waals surface area contributed by atoms with Crippen molar-refractivity contribution in [1.82, 2.24) is 19.2 Å². The molecule has 0 saturated heterocycles. The number of fused-ring (bicyclic) bond motifs is 3. The summed E-state index contributed by atoms with van der Waals surface area (Å²) in [6, 6.07) is 20.5. The monoisotopic (exact) mass is 453 g/mol. The average Bonchev–Trinajstić information content (AvgIpc) is 3.14. The Kier molecular flexibility index (Phi) is 5.33. The van der Waals surface area contributed by atoms with E-state index in [-0.39, 0.29) is 24.0 Å². The molecule has 0 radical (unpaired) electrons. The van der Waals surface area contributed by atoms with Crippen LogP contribution in [0.4, 0.5) is 5.69 Å². The number of carbonyl (C=O) groups is 1. The Labute approximate surface area is 195 Å². The first-order chi connectivity index (χ1) is 16.4. The molecule has 0 aliphatic heterocycles. The maximum atomic E-state index is 13.3. The molecule has 8 nitrogen and oxygen atoms in total. The van der Waals surface area contributed by atoms with E-state index in [2.05, 4.69) is 15.4 Å². The van der Waals surface area contributed by atoms with Crippen LogP contribution in [0.15, 0.2) is 71.5 Å². The summed E-state index contributed by atoms with van der Waals surface area (Å²) in [7, 11) is 0. The molecule has 0 fully saturated rings. The van der Waals surface area contributed by atoms with Gasteiger partial charge in [-0.25, -0.2) is 18.9 Å². The van der Waals surface area contributed by atoms with E-state index >= 15 is 0 Å². The second kappa shape index (κ2) is 8.47. The average molecular weight is 454 g/mol. The van der Waals surface area contributed by atoms with Crippen LogP contribution in [0.1, 0.15) is 16.7 Å². The highest BCUT2D eigenvalue weighted by Gasteiger charge is 2.19. The van der Waals surface area contributed by atoms with Crippen molar-refractivity contribution >= 4 is 28.3 Å². The molecule has 1 N–H and O–H groups in total. The summed E-state index contributed by atoms with van der Waals surface area (Å²) < 4.78 is 8.57. The zero-order chi connectivity index (χ0) is 23.8. The fourth-order valence-electron chi connectivity index (χ4n) is 3.89. The normalized spacial score (nSPS) is 11.1. The number of anilines is 1. The minimum Gasteiger partial charge on any atom is -0.436 e. The molecule has 3 aromatic carbocycles. The lowest BCUT2D eigenvalue weighted by atomic mass is 10.1. The van der Waals surface area contributed by atoms with E-state index in [0.717, 1.165) is 27.1 Å². The van der Waals surface area contributed by atoms with Gasteiger partial charge in [-0.1, -0.05) is 48.0 Å². The van der Waals surface area contributed by atoms with Crippen LogP contribution in [0.3, 0.4) is 0 Å². The molecule has 2 heterocycles. The second-order valence-electron chi connectivity index (χ2n) is 8.24. The third-order valence-corrected chi connectivity index (χ3v) is 5.65. The van der Waals surface area contributed by atoms with Crippen molar-refractivity contribution in [3.63, 3.8) is 0 Å². The Balaban J connectivity index is 1.56. The predicted molar refractivity (Wildman–Crippen MR) is 131 cm³/mol. The number of aromatic nitrogens is 4. The first-order valence-electron chi connectivity index (χ1n) is 10.9. The van der Waals surface area contributed by atoms with Gasteiger partial charge in [-0.3, -0.25) is 4.79 Å². The van der Waals surface area contributed by atoms with Crippen LogP contribution in [0.25, 0.3) is 16.7 Å². The number of hydrogen-bond donors (Lipinski definition) is 1. The summed E-state index contributed by atoms with van der Waals surface area (Å²) in [4.78, 5) is 30.7. The molecule has 5 rings (SSSR count). The maximum absolute atomic E-state index is 13.3. The number of benzene rings is 3. The first-order valence-corrected chi connectivity index (χ1v) is 10.9. The van der Waals surface area contributed by atoms with Gasteiger partial charge in [0.2, 0.25) is 11.6 Å². The fourth-order valence-corrected chi connectivity index (χ4v) is 3.89. The number of aryl methyl sites for hydroxylation is 3. The van der Waals surface area contributed by atoms with Crippen LogP contribution in [0, 0.1) is 20.8 Å². The van der Waals surface area contributed by atoms with E-state index in [1.165, 1.54) is 4.40 Å². The third kappa shape index (κ3) is 3.90. The molecule has 0 saturated carbocycles. The lowest BCUT2D eigenvalue weighted by molar-refractivity contribution is -0.117. The Morgan fingerprint density at radius 2 is 1.65 bits per heavy atom. The summed E-state index contributed by atoms with van der Waals surface area (Å²) in [5.74, 6) is 0.416. The quantitative estimate of drug-likeness (QED) is 0.426. The van der Waals surface area contributed by atoms with Crippen molar-refractivity contribution in [3.05, 3.63) is 93.9 Å². The van der Waals surface area contributed by atoms with Crippen LogP contribution in [0.5, 0.6) is 11.6 Å². The minimum atomic E-state index is -0.445. The van der Waals surface area contributed by atoms with Crippen LogP contribution in [-0.2, 0) is 11.3 Å². The van der Waals surface area contributed by atoms with Crippen molar-refractivity contribution in [2.24, 2.45) is 0 Å². The smallest absolute Gasteiger partial charge is 0.351 e. The minimum absolute atomic E-state index is 0.188. The zero-order valence-corrected chi connectivity index (χ0v) is 19.1. The molecule has 8 heteroatoms. The van der Waals surface area contributed by atoms with E-state index in [1.807, 2.05) is 75.4 Å². The Hall–Kier alpha value is -4.46. The van der Waals surface area contributed by atoms with Gasteiger partial charge in [-0.2, -0.15) is 0 Å². The number of nitrogens with one attached hydrogen (secondary N) is 1. The van der Waals surface area contributed by atoms with Gasteiger partial charge >= 0.3 is 5.69 Å². The van der Waals surface area contributed by atoms with Crippen molar-refractivity contribution < 1.29 is 9.53 Å². The van der Waals surface area contributed by atoms with Gasteiger partial charge in [0, 0.05) is 5.69 Å². The van der Waals surface area contributed by atoms with Crippen LogP contribution < -0.4 is 15.7 Å². The van der Waals surface area contributed by atoms with Crippen LogP contribution in [-0.4, -0.2) is 25.1 Å². The topological polar surface area (TPSA) is 90.5 Å². The van der Waals surface area contributed by atoms with E-state index in [9.17, 15) is 9.59 Å². The molecule has 5 aromatic rings. The van der Waals surface area contributed by atoms with Gasteiger partial charge < -0.3 is 10.1 Å². The Morgan fingerprint density at radius 1 is 0.941 bits per heavy atom. The summed E-state index contributed by atoms with van der Waals surface area (Å²) in [5, 5.41) is 7.32. The molecular formula is C26H23N5O3. The molecule has 0 aliphatic carbocycles. The van der Waals surface area contributed by atoms with E-state index in [4.69, 9.17) is 4.74 Å². The van der Waals surface area contributed by atoms with E-state index in [1.54, 1.807) is 12.1 Å². The van der Waals surface area contributed by atoms with Crippen LogP contribution in [0.2, 0.25) is 0 Å². The molecule has 170 valence electrons. The zero-order valence-electron chi connectivity index (χ0n) is 19.1. The molecule has 0 aliphatic rings. The molecule has 0 bridgehead atoms. The number of nitrogens with zero attached hydrogens (tertiary/aromatic N) is 4. The van der Waals surface area contributed by atoms with Gasteiger partial charge in [0.05, 0.1) is 11.0 Å². The third-order valence-electron chi connectivity index (χ3n) is 5.65. The first kappa shape index (κ1) is 21.4. The van der Waals surface area contributed by atoms with Gasteiger partial charge in [0.15, 0.2) is 0 Å². The number of hydrogen-bond acceptors (Lipinski definition) is 5. The van der Waals surface area contributed by atoms with Crippen molar-refractivity contribution in [3.8, 4) is 11.6 Å². The summed E-state index contributed by atoms with van der Waals surface area (Å²) in [6.07, 6.45) is 0. The molecule has 34 heavy (non-hydrogen) atoms. The fraction of sp³-hybridized carbons (Fsp3) is 0.154. The number of ether oxygens (including phenoxy) is 1. The summed E-state index contributed by atoms with van der Waals surface area (Å²) in [5.41, 5.74) is 4.68. The van der Waals surface area contributed by atoms with Crippen molar-refractivity contribution in [2.45, 2.75) is 27.3 Å². The van der Waals surface area contributed by atoms with Gasteiger partial charge in [-0.05, 0) is 56.2 Å². The molecule has 0 unspecified atom stereocenters. The lowest BCUT2D eigenvalue weighted by Crippen LogP contribution is -2.28. The second-order valence-corrected chi connectivity index (χ2v) is 8.24.